The van der Waals surface area contributed by atoms with Gasteiger partial charge in [-0.15, -0.1) is 11.3 Å². The van der Waals surface area contributed by atoms with Gasteiger partial charge in [0.1, 0.15) is 0 Å². The number of aromatic nitrogens is 1. The van der Waals surface area contributed by atoms with Gasteiger partial charge in [0.05, 0.1) is 10.4 Å². The van der Waals surface area contributed by atoms with E-state index in [1.807, 2.05) is 29.6 Å². The molecule has 96 valence electrons. The van der Waals surface area contributed by atoms with E-state index in [1.54, 1.807) is 11.3 Å². The van der Waals surface area contributed by atoms with E-state index in [2.05, 4.69) is 34.1 Å². The number of nitrogens with zero attached hydrogens (tertiary/aromatic N) is 1. The molecule has 1 aromatic carbocycles. The minimum Gasteiger partial charge on any atom is -0.380 e. The predicted octanol–water partition coefficient (Wildman–Crippen LogP) is 4.72. The van der Waals surface area contributed by atoms with E-state index in [9.17, 15) is 0 Å². The zero-order chi connectivity index (χ0) is 13.4. The minimum absolute atomic E-state index is 0.418. The van der Waals surface area contributed by atoms with Gasteiger partial charge in [0, 0.05) is 4.47 Å². The first kappa shape index (κ1) is 12.4. The highest BCUT2D eigenvalue weighted by Crippen LogP contribution is 2.40. The number of hydrogen-bond donors (Lipinski definition) is 1. The van der Waals surface area contributed by atoms with Crippen LogP contribution in [-0.2, 0) is 0 Å². The molecular weight excluding hydrogens is 324 g/mol. The van der Waals surface area contributed by atoms with Gasteiger partial charge in [-0.05, 0) is 41.6 Å². The van der Waals surface area contributed by atoms with E-state index >= 15 is 0 Å². The zero-order valence-electron chi connectivity index (χ0n) is 10.2. The second kappa shape index (κ2) is 4.83. The van der Waals surface area contributed by atoms with Crippen LogP contribution in [0.4, 0.5) is 5.82 Å². The molecule has 0 radical (unpaired) electrons. The number of halogens is 1. The van der Waals surface area contributed by atoms with Gasteiger partial charge in [-0.25, -0.2) is 0 Å². The summed E-state index contributed by atoms with van der Waals surface area (Å²) in [6.07, 6.45) is 0. The van der Waals surface area contributed by atoms with Crippen LogP contribution in [0.15, 0.2) is 44.7 Å². The number of benzene rings is 1. The summed E-state index contributed by atoms with van der Waals surface area (Å²) in [5.74, 6) is 1.16. The summed E-state index contributed by atoms with van der Waals surface area (Å²) in [6, 6.07) is 10.0. The normalized spacial score (nSPS) is 10.8. The topological polar surface area (TPSA) is 52.0 Å². The van der Waals surface area contributed by atoms with Gasteiger partial charge in [-0.1, -0.05) is 33.2 Å². The van der Waals surface area contributed by atoms with Crippen molar-refractivity contribution in [2.45, 2.75) is 6.92 Å². The van der Waals surface area contributed by atoms with Crippen molar-refractivity contribution in [1.29, 1.82) is 0 Å². The monoisotopic (exact) mass is 334 g/mol. The van der Waals surface area contributed by atoms with Crippen molar-refractivity contribution in [1.82, 2.24) is 5.16 Å². The highest BCUT2D eigenvalue weighted by molar-refractivity contribution is 9.10. The Labute approximate surface area is 123 Å². The van der Waals surface area contributed by atoms with Crippen molar-refractivity contribution in [2.24, 2.45) is 0 Å². The first-order chi connectivity index (χ1) is 9.16. The Morgan fingerprint density at radius 1 is 1.32 bits per heavy atom. The van der Waals surface area contributed by atoms with Crippen molar-refractivity contribution >= 4 is 33.1 Å². The Morgan fingerprint density at radius 3 is 2.84 bits per heavy atom. The van der Waals surface area contributed by atoms with Gasteiger partial charge >= 0.3 is 0 Å². The van der Waals surface area contributed by atoms with Crippen LogP contribution in [0.2, 0.25) is 0 Å². The molecule has 0 fully saturated rings. The van der Waals surface area contributed by atoms with Crippen molar-refractivity contribution in [3.8, 4) is 21.8 Å². The predicted molar refractivity (Wildman–Crippen MR) is 82.1 cm³/mol. The van der Waals surface area contributed by atoms with E-state index in [0.29, 0.717) is 5.82 Å². The van der Waals surface area contributed by atoms with Crippen LogP contribution in [0.3, 0.4) is 0 Å². The number of nitrogens with two attached hydrogens (primary N) is 1. The smallest absolute Gasteiger partial charge is 0.187 e. The summed E-state index contributed by atoms with van der Waals surface area (Å²) in [5.41, 5.74) is 8.98. The number of rotatable bonds is 2. The van der Waals surface area contributed by atoms with E-state index in [1.165, 1.54) is 0 Å². The van der Waals surface area contributed by atoms with Gasteiger partial charge < -0.3 is 10.3 Å². The molecule has 3 nitrogen and oxygen atoms in total. The fraction of sp³-hybridized carbons (Fsp3) is 0.0714. The Hall–Kier alpha value is -1.59. The molecule has 0 atom stereocenters. The molecule has 0 unspecified atom stereocenters. The number of thiophene rings is 1. The number of hydrogen-bond acceptors (Lipinski definition) is 4. The molecule has 19 heavy (non-hydrogen) atoms. The Morgan fingerprint density at radius 2 is 2.16 bits per heavy atom. The highest BCUT2D eigenvalue weighted by atomic mass is 79.9. The van der Waals surface area contributed by atoms with E-state index in [4.69, 9.17) is 10.3 Å². The van der Waals surface area contributed by atoms with Crippen LogP contribution in [0, 0.1) is 6.92 Å². The third kappa shape index (κ3) is 2.19. The van der Waals surface area contributed by atoms with Crippen molar-refractivity contribution in [3.63, 3.8) is 0 Å². The standard InChI is InChI=1S/C14H11BrN2OS/c1-8-5-6-19-13(8)12-11(14(16)17-18-12)9-3-2-4-10(15)7-9/h2-7H,1H3,(H2,16,17). The summed E-state index contributed by atoms with van der Waals surface area (Å²) in [6.45, 7) is 2.05. The molecule has 0 aliphatic rings. The minimum atomic E-state index is 0.418. The second-order valence-electron chi connectivity index (χ2n) is 4.22. The Balaban J connectivity index is 2.22. The van der Waals surface area contributed by atoms with Gasteiger partial charge in [-0.3, -0.25) is 0 Å². The summed E-state index contributed by atoms with van der Waals surface area (Å²) in [7, 11) is 0. The molecule has 0 aliphatic heterocycles. The third-order valence-corrected chi connectivity index (χ3v) is 4.41. The lowest BCUT2D eigenvalue weighted by Crippen LogP contribution is -1.88. The van der Waals surface area contributed by atoms with Crippen molar-refractivity contribution < 1.29 is 4.52 Å². The van der Waals surface area contributed by atoms with Crippen LogP contribution >= 0.6 is 27.3 Å². The van der Waals surface area contributed by atoms with Crippen LogP contribution in [0.5, 0.6) is 0 Å². The molecule has 2 aromatic heterocycles. The van der Waals surface area contributed by atoms with E-state index < -0.39 is 0 Å². The molecule has 2 N–H and O–H groups in total. The van der Waals surface area contributed by atoms with E-state index in [-0.39, 0.29) is 0 Å². The molecule has 0 spiro atoms. The number of aryl methyl sites for hydroxylation is 1. The maximum absolute atomic E-state index is 5.96. The fourth-order valence-corrected chi connectivity index (χ4v) is 3.29. The first-order valence-corrected chi connectivity index (χ1v) is 7.39. The lowest BCUT2D eigenvalue weighted by Gasteiger charge is -2.02. The molecule has 0 saturated carbocycles. The lowest BCUT2D eigenvalue weighted by atomic mass is 10.0. The summed E-state index contributed by atoms with van der Waals surface area (Å²) in [4.78, 5) is 1.07. The third-order valence-electron chi connectivity index (χ3n) is 2.90. The van der Waals surface area contributed by atoms with Crippen LogP contribution in [0.25, 0.3) is 21.8 Å². The maximum atomic E-state index is 5.96. The quantitative estimate of drug-likeness (QED) is 0.737. The summed E-state index contributed by atoms with van der Waals surface area (Å²) in [5, 5.41) is 5.95. The summed E-state index contributed by atoms with van der Waals surface area (Å²) >= 11 is 5.10. The molecule has 0 amide bonds. The molecule has 0 saturated heterocycles. The Bertz CT molecular complexity index is 733. The van der Waals surface area contributed by atoms with Gasteiger partial charge in [-0.2, -0.15) is 0 Å². The molecule has 3 rings (SSSR count). The van der Waals surface area contributed by atoms with Crippen molar-refractivity contribution in [2.75, 3.05) is 5.73 Å². The van der Waals surface area contributed by atoms with Gasteiger partial charge in [0.2, 0.25) is 0 Å². The largest absolute Gasteiger partial charge is 0.380 e. The lowest BCUT2D eigenvalue weighted by molar-refractivity contribution is 0.437. The molecular formula is C14H11BrN2OS. The zero-order valence-corrected chi connectivity index (χ0v) is 12.6. The number of anilines is 1. The summed E-state index contributed by atoms with van der Waals surface area (Å²) < 4.78 is 6.43. The molecule has 3 aromatic rings. The van der Waals surface area contributed by atoms with Crippen LogP contribution in [-0.4, -0.2) is 5.16 Å². The SMILES string of the molecule is Cc1ccsc1-c1onc(N)c1-c1cccc(Br)c1. The Kier molecular flexibility index (Phi) is 3.16. The highest BCUT2D eigenvalue weighted by Gasteiger charge is 2.20. The molecule has 0 aliphatic carbocycles. The maximum Gasteiger partial charge on any atom is 0.187 e. The molecule has 0 bridgehead atoms. The fourth-order valence-electron chi connectivity index (χ4n) is 1.99. The average Bonchev–Trinajstić information content (AvgIpc) is 2.95. The van der Waals surface area contributed by atoms with E-state index in [0.717, 1.165) is 31.8 Å². The van der Waals surface area contributed by atoms with Crippen molar-refractivity contribution in [3.05, 3.63) is 45.7 Å². The number of nitrogen functional groups attached to an aromatic ring is 1. The van der Waals surface area contributed by atoms with Crippen LogP contribution < -0.4 is 5.73 Å². The van der Waals surface area contributed by atoms with Crippen LogP contribution in [0.1, 0.15) is 5.56 Å². The molecule has 2 heterocycles. The van der Waals surface area contributed by atoms with Gasteiger partial charge in [0.15, 0.2) is 11.6 Å². The molecule has 5 heteroatoms. The second-order valence-corrected chi connectivity index (χ2v) is 6.05. The van der Waals surface area contributed by atoms with Gasteiger partial charge in [0.25, 0.3) is 0 Å². The average molecular weight is 335 g/mol. The first-order valence-electron chi connectivity index (χ1n) is 5.72.